The van der Waals surface area contributed by atoms with Gasteiger partial charge in [0.2, 0.25) is 9.84 Å². The molecule has 122 valence electrons. The van der Waals surface area contributed by atoms with Gasteiger partial charge in [-0.3, -0.25) is 4.79 Å². The van der Waals surface area contributed by atoms with Crippen LogP contribution in [0.5, 0.6) is 0 Å². The lowest BCUT2D eigenvalue weighted by Crippen LogP contribution is -2.20. The fourth-order valence-electron chi connectivity index (χ4n) is 1.73. The number of rotatable bonds is 3. The summed E-state index contributed by atoms with van der Waals surface area (Å²) in [5, 5.41) is 0.237. The summed E-state index contributed by atoms with van der Waals surface area (Å²) in [6.45, 7) is 0. The van der Waals surface area contributed by atoms with Crippen molar-refractivity contribution in [2.45, 2.75) is 16.0 Å². The number of hydrogen-bond donors (Lipinski definition) is 1. The summed E-state index contributed by atoms with van der Waals surface area (Å²) >= 11 is 5.64. The molecule has 10 heteroatoms. The van der Waals surface area contributed by atoms with E-state index < -0.39 is 38.1 Å². The first-order valence-corrected chi connectivity index (χ1v) is 7.77. The summed E-state index contributed by atoms with van der Waals surface area (Å²) in [6, 6.07) is 5.03. The van der Waals surface area contributed by atoms with E-state index in [1.165, 1.54) is 12.1 Å². The van der Waals surface area contributed by atoms with E-state index in [9.17, 15) is 26.4 Å². The lowest BCUT2D eigenvalue weighted by atomic mass is 10.2. The molecule has 0 aliphatic carbocycles. The fourth-order valence-corrected chi connectivity index (χ4v) is 3.29. The van der Waals surface area contributed by atoms with Crippen molar-refractivity contribution in [3.8, 4) is 0 Å². The van der Waals surface area contributed by atoms with Crippen LogP contribution in [0.25, 0.3) is 0 Å². The number of carbonyl (C=O) groups is 1. The Hall–Kier alpha value is -2.13. The number of carbonyl (C=O) groups excluding carboxylic acids is 1. The van der Waals surface area contributed by atoms with Crippen molar-refractivity contribution in [2.24, 2.45) is 5.73 Å². The Morgan fingerprint density at radius 3 is 2.22 bits per heavy atom. The second-order valence-electron chi connectivity index (χ2n) is 4.39. The number of primary amides is 1. The van der Waals surface area contributed by atoms with Gasteiger partial charge < -0.3 is 5.73 Å². The van der Waals surface area contributed by atoms with Gasteiger partial charge in [-0.1, -0.05) is 11.6 Å². The summed E-state index contributed by atoms with van der Waals surface area (Å²) in [5.74, 6) is -1.26. The zero-order valence-electron chi connectivity index (χ0n) is 11.1. The van der Waals surface area contributed by atoms with Crippen molar-refractivity contribution in [3.63, 3.8) is 0 Å². The topological polar surface area (TPSA) is 90.1 Å². The Kier molecular flexibility index (Phi) is 4.36. The average molecular weight is 365 g/mol. The van der Waals surface area contributed by atoms with Crippen molar-refractivity contribution < 1.29 is 26.4 Å². The van der Waals surface area contributed by atoms with E-state index in [4.69, 9.17) is 17.3 Å². The van der Waals surface area contributed by atoms with Gasteiger partial charge in [0.25, 0.3) is 5.91 Å². The van der Waals surface area contributed by atoms with Crippen LogP contribution in [0, 0.1) is 0 Å². The van der Waals surface area contributed by atoms with Crippen molar-refractivity contribution in [1.29, 1.82) is 0 Å². The van der Waals surface area contributed by atoms with Crippen LogP contribution in [-0.2, 0) is 16.0 Å². The van der Waals surface area contributed by atoms with Crippen LogP contribution in [0.2, 0.25) is 5.02 Å². The standard InChI is InChI=1S/C13H8ClF3N2O3S/c14-8-1-3-9(4-2-8)23(21,22)10-5-7(13(15,16)17)6-19-11(10)12(18)20/h1-6H,(H2,18,20). The lowest BCUT2D eigenvalue weighted by molar-refractivity contribution is -0.138. The minimum atomic E-state index is -4.83. The third-order valence-electron chi connectivity index (χ3n) is 2.83. The van der Waals surface area contributed by atoms with Crippen LogP contribution in [-0.4, -0.2) is 19.3 Å². The van der Waals surface area contributed by atoms with Crippen molar-refractivity contribution in [2.75, 3.05) is 0 Å². The van der Waals surface area contributed by atoms with Crippen molar-refractivity contribution in [1.82, 2.24) is 4.98 Å². The first-order chi connectivity index (χ1) is 10.5. The second kappa shape index (κ2) is 5.82. The molecule has 0 spiro atoms. The van der Waals surface area contributed by atoms with Crippen LogP contribution >= 0.6 is 11.6 Å². The van der Waals surface area contributed by atoms with Gasteiger partial charge in [-0.2, -0.15) is 13.2 Å². The zero-order chi connectivity index (χ0) is 17.4. The number of hydrogen-bond acceptors (Lipinski definition) is 4. The Morgan fingerprint density at radius 2 is 1.74 bits per heavy atom. The van der Waals surface area contributed by atoms with Crippen LogP contribution in [0.4, 0.5) is 13.2 Å². The molecule has 0 saturated carbocycles. The molecule has 0 aliphatic heterocycles. The maximum absolute atomic E-state index is 12.8. The average Bonchev–Trinajstić information content (AvgIpc) is 2.46. The fraction of sp³-hybridized carbons (Fsp3) is 0.0769. The molecule has 23 heavy (non-hydrogen) atoms. The van der Waals surface area contributed by atoms with E-state index in [1.807, 2.05) is 0 Å². The molecule has 2 rings (SSSR count). The lowest BCUT2D eigenvalue weighted by Gasteiger charge is -2.12. The Bertz CT molecular complexity index is 865. The molecule has 0 radical (unpaired) electrons. The molecule has 0 saturated heterocycles. The van der Waals surface area contributed by atoms with E-state index in [1.54, 1.807) is 0 Å². The van der Waals surface area contributed by atoms with E-state index in [-0.39, 0.29) is 9.92 Å². The number of nitrogens with zero attached hydrogens (tertiary/aromatic N) is 1. The second-order valence-corrected chi connectivity index (χ2v) is 6.74. The molecule has 2 aromatic rings. The van der Waals surface area contributed by atoms with Gasteiger partial charge in [-0.05, 0) is 30.3 Å². The SMILES string of the molecule is NC(=O)c1ncc(C(F)(F)F)cc1S(=O)(=O)c1ccc(Cl)cc1. The molecule has 1 amide bonds. The van der Waals surface area contributed by atoms with E-state index in [0.717, 1.165) is 12.1 Å². The molecule has 1 aromatic heterocycles. The van der Waals surface area contributed by atoms with E-state index >= 15 is 0 Å². The first-order valence-electron chi connectivity index (χ1n) is 5.91. The first kappa shape index (κ1) is 17.2. The number of sulfone groups is 1. The van der Waals surface area contributed by atoms with Crippen LogP contribution in [0.15, 0.2) is 46.3 Å². The van der Waals surface area contributed by atoms with Crippen LogP contribution in [0.1, 0.15) is 16.1 Å². The minimum absolute atomic E-state index is 0.237. The predicted octanol–water partition coefficient (Wildman–Crippen LogP) is 2.69. The number of aromatic nitrogens is 1. The van der Waals surface area contributed by atoms with Gasteiger partial charge >= 0.3 is 6.18 Å². The number of pyridine rings is 1. The molecule has 0 atom stereocenters. The number of nitrogens with two attached hydrogens (primary N) is 1. The van der Waals surface area contributed by atoms with Gasteiger partial charge in [0.1, 0.15) is 10.6 Å². The molecule has 0 fully saturated rings. The highest BCUT2D eigenvalue weighted by Crippen LogP contribution is 2.32. The normalized spacial score (nSPS) is 12.2. The summed E-state index contributed by atoms with van der Waals surface area (Å²) < 4.78 is 63.3. The third-order valence-corrected chi connectivity index (χ3v) is 4.86. The van der Waals surface area contributed by atoms with Gasteiger partial charge in [0, 0.05) is 11.2 Å². The summed E-state index contributed by atoms with van der Waals surface area (Å²) in [7, 11) is -4.44. The molecule has 0 aliphatic rings. The highest BCUT2D eigenvalue weighted by molar-refractivity contribution is 7.91. The minimum Gasteiger partial charge on any atom is -0.364 e. The molecule has 1 heterocycles. The van der Waals surface area contributed by atoms with Crippen molar-refractivity contribution >= 4 is 27.3 Å². The molecule has 5 nitrogen and oxygen atoms in total. The third kappa shape index (κ3) is 3.45. The van der Waals surface area contributed by atoms with Gasteiger partial charge in [-0.25, -0.2) is 13.4 Å². The smallest absolute Gasteiger partial charge is 0.364 e. The van der Waals surface area contributed by atoms with Crippen LogP contribution < -0.4 is 5.73 Å². The summed E-state index contributed by atoms with van der Waals surface area (Å²) in [6.07, 6.45) is -4.48. The number of halogens is 4. The maximum Gasteiger partial charge on any atom is 0.417 e. The van der Waals surface area contributed by atoms with E-state index in [0.29, 0.717) is 12.3 Å². The Balaban J connectivity index is 2.73. The molecule has 0 unspecified atom stereocenters. The largest absolute Gasteiger partial charge is 0.417 e. The number of alkyl halides is 3. The highest BCUT2D eigenvalue weighted by Gasteiger charge is 2.34. The molecule has 1 aromatic carbocycles. The van der Waals surface area contributed by atoms with E-state index in [2.05, 4.69) is 4.98 Å². The molecular formula is C13H8ClF3N2O3S. The molecular weight excluding hydrogens is 357 g/mol. The monoisotopic (exact) mass is 364 g/mol. The Morgan fingerprint density at radius 1 is 1.17 bits per heavy atom. The number of amides is 1. The number of benzene rings is 1. The highest BCUT2D eigenvalue weighted by atomic mass is 35.5. The molecule has 2 N–H and O–H groups in total. The summed E-state index contributed by atoms with van der Waals surface area (Å²) in [5.41, 5.74) is 2.92. The van der Waals surface area contributed by atoms with Crippen molar-refractivity contribution in [3.05, 3.63) is 52.8 Å². The van der Waals surface area contributed by atoms with Gasteiger partial charge in [-0.15, -0.1) is 0 Å². The van der Waals surface area contributed by atoms with Gasteiger partial charge in [0.05, 0.1) is 10.5 Å². The molecule has 0 bridgehead atoms. The maximum atomic E-state index is 12.8. The zero-order valence-corrected chi connectivity index (χ0v) is 12.7. The van der Waals surface area contributed by atoms with Crippen LogP contribution in [0.3, 0.4) is 0 Å². The quantitative estimate of drug-likeness (QED) is 0.906. The van der Waals surface area contributed by atoms with Gasteiger partial charge in [0.15, 0.2) is 0 Å². The Labute approximate surface area is 133 Å². The summed E-state index contributed by atoms with van der Waals surface area (Å²) in [4.78, 5) is 13.3. The predicted molar refractivity (Wildman–Crippen MR) is 74.7 cm³/mol.